The molecule has 9 aromatic carbocycles. The highest BCUT2D eigenvalue weighted by molar-refractivity contribution is 6.26. The third-order valence-corrected chi connectivity index (χ3v) is 12.6. The van der Waals surface area contributed by atoms with E-state index in [1.165, 1.54) is 82.2 Å². The van der Waals surface area contributed by atoms with Gasteiger partial charge in [-0.3, -0.25) is 0 Å². The molecule has 0 spiro atoms. The van der Waals surface area contributed by atoms with Gasteiger partial charge >= 0.3 is 0 Å². The molecule has 1 atom stereocenters. The number of benzene rings is 9. The Kier molecular flexibility index (Phi) is 6.28. The zero-order chi connectivity index (χ0) is 37.2. The Morgan fingerprint density at radius 3 is 1.86 bits per heavy atom. The van der Waals surface area contributed by atoms with Gasteiger partial charge in [-0.25, -0.2) is 0 Å². The molecule has 0 amide bonds. The number of furan rings is 1. The number of para-hydroxylation sites is 2. The highest BCUT2D eigenvalue weighted by Crippen LogP contribution is 2.52. The van der Waals surface area contributed by atoms with Crippen LogP contribution in [0.25, 0.3) is 92.9 Å². The Balaban J connectivity index is 1.04. The summed E-state index contributed by atoms with van der Waals surface area (Å²) in [6.45, 7) is 0. The van der Waals surface area contributed by atoms with Gasteiger partial charge in [0.15, 0.2) is 0 Å². The summed E-state index contributed by atoms with van der Waals surface area (Å²) >= 11 is 0. The van der Waals surface area contributed by atoms with Crippen LogP contribution in [-0.2, 0) is 0 Å². The molecule has 2 aromatic heterocycles. The van der Waals surface area contributed by atoms with Crippen LogP contribution in [0.5, 0.6) is 0 Å². The highest BCUT2D eigenvalue weighted by Gasteiger charge is 2.33. The van der Waals surface area contributed by atoms with Crippen LogP contribution in [0.3, 0.4) is 0 Å². The number of rotatable bonds is 4. The zero-order valence-electron chi connectivity index (χ0n) is 31.0. The van der Waals surface area contributed by atoms with Crippen molar-refractivity contribution < 1.29 is 4.42 Å². The maximum absolute atomic E-state index is 6.16. The normalized spacial score (nSPS) is 14.8. The van der Waals surface area contributed by atoms with Crippen LogP contribution in [-0.4, -0.2) is 4.57 Å². The molecule has 266 valence electrons. The van der Waals surface area contributed by atoms with Gasteiger partial charge in [-0.2, -0.15) is 0 Å². The summed E-state index contributed by atoms with van der Waals surface area (Å²) in [4.78, 5) is 2.47. The molecular formula is C54H34N2O. The molecule has 3 heteroatoms. The molecule has 57 heavy (non-hydrogen) atoms. The van der Waals surface area contributed by atoms with Gasteiger partial charge in [0.05, 0.1) is 11.0 Å². The molecule has 3 nitrogen and oxygen atoms in total. The maximum atomic E-state index is 6.16. The van der Waals surface area contributed by atoms with Crippen LogP contribution in [0.4, 0.5) is 17.1 Å². The number of anilines is 3. The maximum Gasteiger partial charge on any atom is 0.135 e. The van der Waals surface area contributed by atoms with Gasteiger partial charge in [0.2, 0.25) is 0 Å². The molecule has 0 fully saturated rings. The lowest BCUT2D eigenvalue weighted by Gasteiger charge is -2.27. The third-order valence-electron chi connectivity index (χ3n) is 12.6. The summed E-state index contributed by atoms with van der Waals surface area (Å²) in [6.07, 6.45) is 7.86. The lowest BCUT2D eigenvalue weighted by molar-refractivity contribution is 0.669. The van der Waals surface area contributed by atoms with Crippen molar-refractivity contribution in [3.63, 3.8) is 0 Å². The summed E-state index contributed by atoms with van der Waals surface area (Å²) in [5, 5.41) is 12.5. The minimum Gasteiger partial charge on any atom is -0.456 e. The van der Waals surface area contributed by atoms with Crippen LogP contribution >= 0.6 is 0 Å². The molecule has 0 bridgehead atoms. The number of fused-ring (bicyclic) bond motifs is 15. The number of aromatic nitrogens is 1. The van der Waals surface area contributed by atoms with Crippen molar-refractivity contribution in [3.8, 4) is 11.1 Å². The summed E-state index contributed by atoms with van der Waals surface area (Å²) in [6, 6.07) is 62.5. The van der Waals surface area contributed by atoms with E-state index in [2.05, 4.69) is 185 Å². The van der Waals surface area contributed by atoms with Crippen LogP contribution in [0, 0.1) is 0 Å². The zero-order valence-corrected chi connectivity index (χ0v) is 31.0. The summed E-state index contributed by atoms with van der Waals surface area (Å²) < 4.78 is 8.68. The lowest BCUT2D eigenvalue weighted by Crippen LogP contribution is -2.11. The Morgan fingerprint density at radius 2 is 1.07 bits per heavy atom. The molecule has 0 radical (unpaired) electrons. The fraction of sp³-hybridized carbons (Fsp3) is 0.0370. The van der Waals surface area contributed by atoms with Crippen LogP contribution in [0.15, 0.2) is 193 Å². The molecule has 0 saturated heterocycles. The van der Waals surface area contributed by atoms with E-state index < -0.39 is 0 Å². The first-order chi connectivity index (χ1) is 28.3. The standard InChI is InChI=1S/C54H34N2O/c1-2-13-40-38(11-1)39-12-3-4-14-41(39)46-30-36(26-27-42(40)46)55(35-24-21-33(22-25-35)34-23-28-53-47(29-34)45-17-7-10-20-52(45)57-53)37-31-48-43-15-5-8-18-50(43)56-51-19-9-6-16-44(51)49(32-37)54(48)56/h1-15,17-32,44H,16H2. The van der Waals surface area contributed by atoms with Gasteiger partial charge in [-0.1, -0.05) is 121 Å². The minimum atomic E-state index is 0.321. The van der Waals surface area contributed by atoms with E-state index in [1.54, 1.807) is 0 Å². The fourth-order valence-corrected chi connectivity index (χ4v) is 10.1. The first-order valence-electron chi connectivity index (χ1n) is 19.9. The predicted octanol–water partition coefficient (Wildman–Crippen LogP) is 15.2. The first kappa shape index (κ1) is 30.9. The van der Waals surface area contributed by atoms with Crippen molar-refractivity contribution in [1.29, 1.82) is 0 Å². The Morgan fingerprint density at radius 1 is 0.456 bits per heavy atom. The second kappa shape index (κ2) is 11.6. The van der Waals surface area contributed by atoms with Gasteiger partial charge < -0.3 is 13.9 Å². The SMILES string of the molecule is C1=CCC2C(=C1)n1c3ccccc3c3cc(N(c4ccc(-c5ccc6oc7ccccc7c6c5)cc4)c4ccc5c6ccccc6c6ccccc6c5c4)cc2c31. The van der Waals surface area contributed by atoms with Crippen molar-refractivity contribution in [1.82, 2.24) is 4.57 Å². The molecule has 13 rings (SSSR count). The Bertz CT molecular complexity index is 3530. The van der Waals surface area contributed by atoms with E-state index in [9.17, 15) is 0 Å². The van der Waals surface area contributed by atoms with Gasteiger partial charge in [0.25, 0.3) is 0 Å². The molecule has 11 aromatic rings. The van der Waals surface area contributed by atoms with Gasteiger partial charge in [-0.15, -0.1) is 0 Å². The average molecular weight is 727 g/mol. The van der Waals surface area contributed by atoms with E-state index in [1.807, 2.05) is 12.1 Å². The van der Waals surface area contributed by atoms with Crippen molar-refractivity contribution >= 4 is 98.8 Å². The summed E-state index contributed by atoms with van der Waals surface area (Å²) in [5.41, 5.74) is 13.0. The van der Waals surface area contributed by atoms with Crippen molar-refractivity contribution in [3.05, 3.63) is 194 Å². The molecular weight excluding hydrogens is 693 g/mol. The smallest absolute Gasteiger partial charge is 0.135 e. The first-order valence-corrected chi connectivity index (χ1v) is 19.9. The second-order valence-corrected chi connectivity index (χ2v) is 15.6. The van der Waals surface area contributed by atoms with Crippen molar-refractivity contribution in [2.24, 2.45) is 0 Å². The molecule has 3 heterocycles. The van der Waals surface area contributed by atoms with Gasteiger partial charge in [-0.05, 0) is 122 Å². The van der Waals surface area contributed by atoms with Crippen LogP contribution in [0.1, 0.15) is 17.9 Å². The van der Waals surface area contributed by atoms with Gasteiger partial charge in [0, 0.05) is 50.2 Å². The van der Waals surface area contributed by atoms with E-state index in [4.69, 9.17) is 4.42 Å². The Hall–Kier alpha value is -7.36. The molecule has 0 N–H and O–H groups in total. The Labute approximate surface area is 328 Å². The van der Waals surface area contributed by atoms with Crippen LogP contribution in [0.2, 0.25) is 0 Å². The fourth-order valence-electron chi connectivity index (χ4n) is 10.1. The largest absolute Gasteiger partial charge is 0.456 e. The molecule has 1 unspecified atom stereocenters. The van der Waals surface area contributed by atoms with E-state index in [0.29, 0.717) is 5.92 Å². The summed E-state index contributed by atoms with van der Waals surface area (Å²) in [7, 11) is 0. The molecule has 1 aliphatic heterocycles. The predicted molar refractivity (Wildman–Crippen MR) is 240 cm³/mol. The molecule has 1 aliphatic carbocycles. The molecule has 0 saturated carbocycles. The third kappa shape index (κ3) is 4.37. The average Bonchev–Trinajstić information content (AvgIpc) is 3.93. The number of allylic oxidation sites excluding steroid dienone is 4. The quantitative estimate of drug-likeness (QED) is 0.168. The minimum absolute atomic E-state index is 0.321. The van der Waals surface area contributed by atoms with Gasteiger partial charge in [0.1, 0.15) is 11.2 Å². The molecule has 2 aliphatic rings. The summed E-state index contributed by atoms with van der Waals surface area (Å²) in [5.74, 6) is 0.321. The highest BCUT2D eigenvalue weighted by atomic mass is 16.3. The lowest BCUT2D eigenvalue weighted by atomic mass is 9.90. The topological polar surface area (TPSA) is 21.3 Å². The van der Waals surface area contributed by atoms with E-state index in [-0.39, 0.29) is 0 Å². The van der Waals surface area contributed by atoms with E-state index >= 15 is 0 Å². The van der Waals surface area contributed by atoms with Crippen molar-refractivity contribution in [2.75, 3.05) is 4.90 Å². The number of nitrogens with zero attached hydrogens (tertiary/aromatic N) is 2. The second-order valence-electron chi connectivity index (χ2n) is 15.6. The number of hydrogen-bond donors (Lipinski definition) is 0. The monoisotopic (exact) mass is 726 g/mol. The number of hydrogen-bond acceptors (Lipinski definition) is 2. The van der Waals surface area contributed by atoms with Crippen LogP contribution < -0.4 is 4.90 Å². The van der Waals surface area contributed by atoms with E-state index in [0.717, 1.165) is 39.7 Å². The van der Waals surface area contributed by atoms with Crippen molar-refractivity contribution in [2.45, 2.75) is 12.3 Å².